The van der Waals surface area contributed by atoms with Crippen LogP contribution in [0.1, 0.15) is 239 Å². The van der Waals surface area contributed by atoms with Gasteiger partial charge >= 0.3 is 17.9 Å². The lowest BCUT2D eigenvalue weighted by molar-refractivity contribution is -0.167. The third-order valence-corrected chi connectivity index (χ3v) is 10.8. The van der Waals surface area contributed by atoms with Gasteiger partial charge < -0.3 is 14.2 Å². The van der Waals surface area contributed by atoms with Crippen molar-refractivity contribution >= 4 is 17.9 Å². The molecule has 6 heteroatoms. The molecule has 0 aromatic rings. The van der Waals surface area contributed by atoms with Crippen LogP contribution in [-0.2, 0) is 28.6 Å². The minimum Gasteiger partial charge on any atom is -0.462 e. The first kappa shape index (κ1) is 57.9. The predicted molar refractivity (Wildman–Crippen MR) is 261 cm³/mol. The van der Waals surface area contributed by atoms with Crippen LogP contribution in [0, 0.1) is 0 Å². The molecule has 0 N–H and O–H groups in total. The molecule has 0 spiro atoms. The van der Waals surface area contributed by atoms with Gasteiger partial charge in [0.2, 0.25) is 0 Å². The summed E-state index contributed by atoms with van der Waals surface area (Å²) in [6, 6.07) is 0. The van der Waals surface area contributed by atoms with Crippen LogP contribution in [-0.4, -0.2) is 37.2 Å². The second-order valence-electron chi connectivity index (χ2n) is 16.9. The summed E-state index contributed by atoms with van der Waals surface area (Å²) in [7, 11) is 0. The average molecular weight is 851 g/mol. The van der Waals surface area contributed by atoms with Crippen LogP contribution in [0.25, 0.3) is 0 Å². The molecule has 0 aliphatic rings. The monoisotopic (exact) mass is 851 g/mol. The van der Waals surface area contributed by atoms with Crippen LogP contribution < -0.4 is 0 Å². The van der Waals surface area contributed by atoms with Crippen molar-refractivity contribution in [2.75, 3.05) is 13.2 Å². The molecule has 0 saturated heterocycles. The molecule has 0 aliphatic heterocycles. The smallest absolute Gasteiger partial charge is 0.306 e. The minimum atomic E-state index is -0.787. The van der Waals surface area contributed by atoms with E-state index in [0.717, 1.165) is 96.3 Å². The zero-order valence-corrected chi connectivity index (χ0v) is 39.9. The highest BCUT2D eigenvalue weighted by Crippen LogP contribution is 2.14. The molecule has 0 amide bonds. The molecular formula is C55H94O6. The number of ether oxygens (including phenoxy) is 3. The Morgan fingerprint density at radius 1 is 0.328 bits per heavy atom. The van der Waals surface area contributed by atoms with Crippen molar-refractivity contribution < 1.29 is 28.6 Å². The molecule has 1 unspecified atom stereocenters. The summed E-state index contributed by atoms with van der Waals surface area (Å²) >= 11 is 0. The normalized spacial score (nSPS) is 12.6. The Morgan fingerprint density at radius 2 is 0.639 bits per heavy atom. The van der Waals surface area contributed by atoms with Crippen molar-refractivity contribution in [3.8, 4) is 0 Å². The third-order valence-electron chi connectivity index (χ3n) is 10.8. The Morgan fingerprint density at radius 3 is 1.03 bits per heavy atom. The zero-order valence-electron chi connectivity index (χ0n) is 39.9. The largest absolute Gasteiger partial charge is 0.462 e. The van der Waals surface area contributed by atoms with Crippen LogP contribution in [0.3, 0.4) is 0 Å². The maximum Gasteiger partial charge on any atom is 0.306 e. The minimum absolute atomic E-state index is 0.0863. The SMILES string of the molecule is CCC\C=C/C=C\C=C/C=C\C=C/CCCCCCCC(=O)OCC(COC(=O)CCCCCCCCCCC)OC(=O)CCCCCCC/C=C\CCCCCCCCC. The highest BCUT2D eigenvalue weighted by molar-refractivity contribution is 5.71. The van der Waals surface area contributed by atoms with E-state index in [9.17, 15) is 14.4 Å². The molecule has 1 atom stereocenters. The number of rotatable bonds is 45. The van der Waals surface area contributed by atoms with Gasteiger partial charge in [0.25, 0.3) is 0 Å². The second-order valence-corrected chi connectivity index (χ2v) is 16.9. The van der Waals surface area contributed by atoms with Gasteiger partial charge in [-0.3, -0.25) is 14.4 Å². The molecule has 0 aliphatic carbocycles. The van der Waals surface area contributed by atoms with Crippen molar-refractivity contribution in [1.29, 1.82) is 0 Å². The second kappa shape index (κ2) is 49.5. The Bertz CT molecular complexity index is 1160. The fourth-order valence-corrected chi connectivity index (χ4v) is 6.94. The molecule has 0 saturated carbocycles. The van der Waals surface area contributed by atoms with Gasteiger partial charge in [-0.15, -0.1) is 0 Å². The van der Waals surface area contributed by atoms with E-state index in [1.54, 1.807) is 0 Å². The summed E-state index contributed by atoms with van der Waals surface area (Å²) in [5, 5.41) is 0. The van der Waals surface area contributed by atoms with E-state index in [1.165, 1.54) is 103 Å². The topological polar surface area (TPSA) is 78.9 Å². The maximum absolute atomic E-state index is 12.8. The van der Waals surface area contributed by atoms with Crippen molar-refractivity contribution in [2.45, 2.75) is 245 Å². The number of carbonyl (C=O) groups excluding carboxylic acids is 3. The van der Waals surface area contributed by atoms with Crippen LogP contribution >= 0.6 is 0 Å². The van der Waals surface area contributed by atoms with Crippen molar-refractivity contribution in [1.82, 2.24) is 0 Å². The van der Waals surface area contributed by atoms with E-state index in [1.807, 2.05) is 24.3 Å². The lowest BCUT2D eigenvalue weighted by Gasteiger charge is -2.18. The summed E-state index contributed by atoms with van der Waals surface area (Å²) in [5.41, 5.74) is 0. The first-order chi connectivity index (χ1) is 30.0. The maximum atomic E-state index is 12.8. The zero-order chi connectivity index (χ0) is 44.4. The van der Waals surface area contributed by atoms with Crippen LogP contribution in [0.2, 0.25) is 0 Å². The van der Waals surface area contributed by atoms with E-state index in [4.69, 9.17) is 14.2 Å². The van der Waals surface area contributed by atoms with Gasteiger partial charge in [0.1, 0.15) is 13.2 Å². The first-order valence-corrected chi connectivity index (χ1v) is 25.5. The van der Waals surface area contributed by atoms with Gasteiger partial charge in [0.05, 0.1) is 0 Å². The molecule has 61 heavy (non-hydrogen) atoms. The molecule has 0 aromatic heterocycles. The van der Waals surface area contributed by atoms with E-state index in [2.05, 4.69) is 69.4 Å². The molecule has 0 radical (unpaired) electrons. The fourth-order valence-electron chi connectivity index (χ4n) is 6.94. The molecule has 6 nitrogen and oxygen atoms in total. The number of hydrogen-bond donors (Lipinski definition) is 0. The fraction of sp³-hybridized carbons (Fsp3) is 0.727. The van der Waals surface area contributed by atoms with Crippen LogP contribution in [0.4, 0.5) is 0 Å². The number of carbonyl (C=O) groups is 3. The van der Waals surface area contributed by atoms with Gasteiger partial charge in [-0.25, -0.2) is 0 Å². The van der Waals surface area contributed by atoms with Crippen molar-refractivity contribution in [3.63, 3.8) is 0 Å². The Kier molecular flexibility index (Phi) is 46.9. The van der Waals surface area contributed by atoms with Gasteiger partial charge in [-0.2, -0.15) is 0 Å². The van der Waals surface area contributed by atoms with Crippen LogP contribution in [0.15, 0.2) is 72.9 Å². The van der Waals surface area contributed by atoms with Crippen molar-refractivity contribution in [3.05, 3.63) is 72.9 Å². The Hall–Kier alpha value is -3.15. The lowest BCUT2D eigenvalue weighted by Crippen LogP contribution is -2.30. The highest BCUT2D eigenvalue weighted by Gasteiger charge is 2.19. The van der Waals surface area contributed by atoms with Crippen molar-refractivity contribution in [2.24, 2.45) is 0 Å². The van der Waals surface area contributed by atoms with Gasteiger partial charge in [0, 0.05) is 19.3 Å². The molecular weight excluding hydrogens is 757 g/mol. The quantitative estimate of drug-likeness (QED) is 0.0200. The summed E-state index contributed by atoms with van der Waals surface area (Å²) in [6.45, 7) is 6.50. The van der Waals surface area contributed by atoms with E-state index in [-0.39, 0.29) is 31.1 Å². The lowest BCUT2D eigenvalue weighted by atomic mass is 10.1. The molecule has 0 heterocycles. The number of hydrogen-bond acceptors (Lipinski definition) is 6. The summed E-state index contributed by atoms with van der Waals surface area (Å²) < 4.78 is 16.7. The number of unbranched alkanes of at least 4 members (excludes halogenated alkanes) is 26. The average Bonchev–Trinajstić information content (AvgIpc) is 3.26. The Balaban J connectivity index is 4.40. The summed E-state index contributed by atoms with van der Waals surface area (Å²) in [5.74, 6) is -0.922. The molecule has 0 aromatic carbocycles. The van der Waals surface area contributed by atoms with Gasteiger partial charge in [-0.05, 0) is 64.2 Å². The number of esters is 3. The highest BCUT2D eigenvalue weighted by atomic mass is 16.6. The van der Waals surface area contributed by atoms with E-state index < -0.39 is 6.10 Å². The molecule has 0 bridgehead atoms. The third kappa shape index (κ3) is 47.7. The summed E-state index contributed by atoms with van der Waals surface area (Å²) in [4.78, 5) is 37.9. The van der Waals surface area contributed by atoms with Crippen LogP contribution in [0.5, 0.6) is 0 Å². The molecule has 0 fully saturated rings. The standard InChI is InChI=1S/C55H94O6/c1-4-7-10-13-16-19-21-23-25-27-28-30-31-33-36-39-42-45-48-54(57)60-51-52(50-59-53(56)47-44-41-38-35-18-15-12-9-6-3)61-55(58)49-46-43-40-37-34-32-29-26-24-22-20-17-14-11-8-5-2/h10,13,16,19,21,23,25-30,52H,4-9,11-12,14-15,17-18,20,22,24,31-51H2,1-3H3/b13-10-,19-16-,23-21-,27-25-,29-26-,30-28-. The Labute approximate surface area is 376 Å². The summed E-state index contributed by atoms with van der Waals surface area (Å²) in [6.07, 6.45) is 61.6. The molecule has 350 valence electrons. The first-order valence-electron chi connectivity index (χ1n) is 25.5. The predicted octanol–water partition coefficient (Wildman–Crippen LogP) is 16.6. The molecule has 0 rings (SSSR count). The van der Waals surface area contributed by atoms with E-state index in [0.29, 0.717) is 19.3 Å². The van der Waals surface area contributed by atoms with Gasteiger partial charge in [0.15, 0.2) is 6.10 Å². The van der Waals surface area contributed by atoms with Gasteiger partial charge in [-0.1, -0.05) is 229 Å². The number of allylic oxidation sites excluding steroid dienone is 12. The van der Waals surface area contributed by atoms with E-state index >= 15 is 0 Å².